The van der Waals surface area contributed by atoms with Crippen LogP contribution >= 0.6 is 15.9 Å². The molecule has 0 amide bonds. The second-order valence-corrected chi connectivity index (χ2v) is 5.36. The third kappa shape index (κ3) is 2.35. The predicted molar refractivity (Wildman–Crippen MR) is 73.7 cm³/mol. The molecule has 2 rings (SSSR count). The van der Waals surface area contributed by atoms with Crippen LogP contribution in [0.2, 0.25) is 0 Å². The van der Waals surface area contributed by atoms with E-state index in [1.54, 1.807) is 12.3 Å². The minimum absolute atomic E-state index is 0.0647. The molecule has 2 N–H and O–H groups in total. The number of aliphatic hydroxyl groups excluding tert-OH is 1. The molecule has 1 fully saturated rings. The summed E-state index contributed by atoms with van der Waals surface area (Å²) in [5.41, 5.74) is 0.141. The minimum atomic E-state index is -0.290. The first kappa shape index (κ1) is 13.3. The van der Waals surface area contributed by atoms with Crippen molar-refractivity contribution in [1.82, 2.24) is 9.78 Å². The van der Waals surface area contributed by atoms with E-state index in [4.69, 9.17) is 0 Å². The van der Waals surface area contributed by atoms with E-state index in [-0.39, 0.29) is 17.7 Å². The lowest BCUT2D eigenvalue weighted by molar-refractivity contribution is 0.144. The summed E-state index contributed by atoms with van der Waals surface area (Å²) in [7, 11) is 0. The Hall–Kier alpha value is -1.14. The lowest BCUT2D eigenvalue weighted by atomic mass is 9.77. The molecule has 0 aliphatic heterocycles. The zero-order valence-corrected chi connectivity index (χ0v) is 11.6. The van der Waals surface area contributed by atoms with E-state index in [0.29, 0.717) is 16.7 Å². The lowest BCUT2D eigenvalue weighted by Gasteiger charge is -2.41. The highest BCUT2D eigenvalue weighted by molar-refractivity contribution is 9.10. The van der Waals surface area contributed by atoms with Gasteiger partial charge in [-0.05, 0) is 35.2 Å². The van der Waals surface area contributed by atoms with Gasteiger partial charge in [0.05, 0.1) is 30.6 Å². The number of aliphatic hydroxyl groups is 1. The van der Waals surface area contributed by atoms with Crippen LogP contribution in [-0.2, 0) is 6.54 Å². The quantitative estimate of drug-likeness (QED) is 0.809. The Balaban J connectivity index is 2.27. The molecular formula is C12H16BrN3O2. The molecular weight excluding hydrogens is 298 g/mol. The van der Waals surface area contributed by atoms with Gasteiger partial charge in [-0.25, -0.2) is 4.68 Å². The molecule has 0 unspecified atom stereocenters. The maximum Gasteiger partial charge on any atom is 0.283 e. The minimum Gasteiger partial charge on any atom is -0.394 e. The van der Waals surface area contributed by atoms with E-state index in [1.807, 2.05) is 0 Å². The summed E-state index contributed by atoms with van der Waals surface area (Å²) in [4.78, 5) is 12.0. The maximum absolute atomic E-state index is 12.0. The van der Waals surface area contributed by atoms with Crippen molar-refractivity contribution in [2.75, 3.05) is 11.9 Å². The van der Waals surface area contributed by atoms with E-state index in [9.17, 15) is 9.90 Å². The standard InChI is InChI=1S/C12H16BrN3O2/c1-2-6-16-11(18)10(13)9(7-14-16)15-12(8-17)4-3-5-12/h2,7,15,17H,1,3-6,8H2. The van der Waals surface area contributed by atoms with E-state index in [2.05, 4.69) is 32.9 Å². The Kier molecular flexibility index (Phi) is 3.87. The molecule has 1 saturated carbocycles. The average molecular weight is 314 g/mol. The van der Waals surface area contributed by atoms with Crippen molar-refractivity contribution < 1.29 is 5.11 Å². The summed E-state index contributed by atoms with van der Waals surface area (Å²) in [5, 5.41) is 16.7. The maximum atomic E-state index is 12.0. The first-order valence-corrected chi connectivity index (χ1v) is 6.67. The van der Waals surface area contributed by atoms with Crippen LogP contribution in [-0.4, -0.2) is 27.0 Å². The third-order valence-electron chi connectivity index (χ3n) is 3.30. The summed E-state index contributed by atoms with van der Waals surface area (Å²) in [6.07, 6.45) is 6.13. The normalized spacial score (nSPS) is 17.0. The van der Waals surface area contributed by atoms with Gasteiger partial charge in [0.1, 0.15) is 4.47 Å². The van der Waals surface area contributed by atoms with E-state index < -0.39 is 0 Å². The summed E-state index contributed by atoms with van der Waals surface area (Å²) in [6.45, 7) is 4.02. The fourth-order valence-electron chi connectivity index (χ4n) is 2.02. The zero-order valence-electron chi connectivity index (χ0n) is 10.0. The Morgan fingerprint density at radius 3 is 2.89 bits per heavy atom. The number of allylic oxidation sites excluding steroid dienone is 1. The number of nitrogens with zero attached hydrogens (tertiary/aromatic N) is 2. The Labute approximate surface area is 114 Å². The van der Waals surface area contributed by atoms with Crippen LogP contribution < -0.4 is 10.9 Å². The van der Waals surface area contributed by atoms with Crippen LogP contribution in [0, 0.1) is 0 Å². The molecule has 5 nitrogen and oxygen atoms in total. The van der Waals surface area contributed by atoms with Crippen LogP contribution in [0.4, 0.5) is 5.69 Å². The number of hydrogen-bond acceptors (Lipinski definition) is 4. The Morgan fingerprint density at radius 1 is 1.67 bits per heavy atom. The van der Waals surface area contributed by atoms with Crippen molar-refractivity contribution in [3.63, 3.8) is 0 Å². The van der Waals surface area contributed by atoms with Gasteiger partial charge in [-0.1, -0.05) is 6.08 Å². The van der Waals surface area contributed by atoms with E-state index >= 15 is 0 Å². The summed E-state index contributed by atoms with van der Waals surface area (Å²) >= 11 is 3.28. The molecule has 0 radical (unpaired) electrons. The molecule has 0 atom stereocenters. The summed E-state index contributed by atoms with van der Waals surface area (Å²) in [5.74, 6) is 0. The van der Waals surface area contributed by atoms with Crippen molar-refractivity contribution in [2.45, 2.75) is 31.3 Å². The van der Waals surface area contributed by atoms with Crippen molar-refractivity contribution in [3.8, 4) is 0 Å². The highest BCUT2D eigenvalue weighted by Crippen LogP contribution is 2.35. The molecule has 1 heterocycles. The molecule has 1 aliphatic carbocycles. The fraction of sp³-hybridized carbons (Fsp3) is 0.500. The topological polar surface area (TPSA) is 67.2 Å². The van der Waals surface area contributed by atoms with Gasteiger partial charge in [0.25, 0.3) is 5.56 Å². The first-order chi connectivity index (χ1) is 8.62. The number of halogens is 1. The first-order valence-electron chi connectivity index (χ1n) is 5.87. The van der Waals surface area contributed by atoms with Crippen LogP contribution in [0.1, 0.15) is 19.3 Å². The van der Waals surface area contributed by atoms with Crippen LogP contribution in [0.5, 0.6) is 0 Å². The Morgan fingerprint density at radius 2 is 2.39 bits per heavy atom. The van der Waals surface area contributed by atoms with Gasteiger partial charge in [0.15, 0.2) is 0 Å². The molecule has 98 valence electrons. The summed E-state index contributed by atoms with van der Waals surface area (Å²) in [6, 6.07) is 0. The molecule has 1 aromatic heterocycles. The highest BCUT2D eigenvalue weighted by atomic mass is 79.9. The number of anilines is 1. The number of aromatic nitrogens is 2. The van der Waals surface area contributed by atoms with Crippen molar-refractivity contribution in [1.29, 1.82) is 0 Å². The van der Waals surface area contributed by atoms with Crippen LogP contribution in [0.25, 0.3) is 0 Å². The second-order valence-electron chi connectivity index (χ2n) is 4.57. The monoisotopic (exact) mass is 313 g/mol. The SMILES string of the molecule is C=CCn1ncc(NC2(CO)CCC2)c(Br)c1=O. The van der Waals surface area contributed by atoms with Gasteiger partial charge in [-0.15, -0.1) is 6.58 Å². The molecule has 0 spiro atoms. The van der Waals surface area contributed by atoms with Gasteiger partial charge < -0.3 is 10.4 Å². The van der Waals surface area contributed by atoms with Gasteiger partial charge in [0, 0.05) is 0 Å². The predicted octanol–water partition coefficient (Wildman–Crippen LogP) is 1.52. The number of hydrogen-bond donors (Lipinski definition) is 2. The lowest BCUT2D eigenvalue weighted by Crippen LogP contribution is -2.48. The average Bonchev–Trinajstić information content (AvgIpc) is 2.33. The van der Waals surface area contributed by atoms with Gasteiger partial charge >= 0.3 is 0 Å². The Bertz CT molecular complexity index is 503. The molecule has 0 aromatic carbocycles. The third-order valence-corrected chi connectivity index (χ3v) is 4.07. The highest BCUT2D eigenvalue weighted by Gasteiger charge is 2.36. The van der Waals surface area contributed by atoms with Crippen molar-refractivity contribution >= 4 is 21.6 Å². The van der Waals surface area contributed by atoms with Crippen LogP contribution in [0.3, 0.4) is 0 Å². The fourth-order valence-corrected chi connectivity index (χ4v) is 2.42. The zero-order chi connectivity index (χ0) is 13.2. The van der Waals surface area contributed by atoms with E-state index in [1.165, 1.54) is 4.68 Å². The van der Waals surface area contributed by atoms with E-state index in [0.717, 1.165) is 19.3 Å². The van der Waals surface area contributed by atoms with Gasteiger partial charge in [-0.3, -0.25) is 4.79 Å². The molecule has 0 saturated heterocycles. The summed E-state index contributed by atoms with van der Waals surface area (Å²) < 4.78 is 1.77. The molecule has 1 aliphatic rings. The van der Waals surface area contributed by atoms with Crippen molar-refractivity contribution in [2.24, 2.45) is 0 Å². The van der Waals surface area contributed by atoms with Crippen molar-refractivity contribution in [3.05, 3.63) is 33.7 Å². The molecule has 1 aromatic rings. The molecule has 6 heteroatoms. The molecule has 0 bridgehead atoms. The smallest absolute Gasteiger partial charge is 0.283 e. The molecule has 18 heavy (non-hydrogen) atoms. The number of nitrogens with one attached hydrogen (secondary N) is 1. The number of rotatable bonds is 5. The van der Waals surface area contributed by atoms with Gasteiger partial charge in [-0.2, -0.15) is 5.10 Å². The largest absolute Gasteiger partial charge is 0.394 e. The van der Waals surface area contributed by atoms with Crippen LogP contribution in [0.15, 0.2) is 28.1 Å². The second kappa shape index (κ2) is 5.24. The van der Waals surface area contributed by atoms with Gasteiger partial charge in [0.2, 0.25) is 0 Å².